The van der Waals surface area contributed by atoms with Crippen molar-refractivity contribution in [2.75, 3.05) is 24.2 Å². The molecule has 2 rings (SSSR count). The Bertz CT molecular complexity index is 568. The minimum atomic E-state index is 0.214. The number of nitrogens with two attached hydrogens (primary N) is 1. The van der Waals surface area contributed by atoms with Gasteiger partial charge in [-0.25, -0.2) is 4.98 Å². The summed E-state index contributed by atoms with van der Waals surface area (Å²) in [6.07, 6.45) is 0. The summed E-state index contributed by atoms with van der Waals surface area (Å²) in [6, 6.07) is 2.13. The maximum Gasteiger partial charge on any atom is 0.223 e. The predicted molar refractivity (Wildman–Crippen MR) is 79.3 cm³/mol. The van der Waals surface area contributed by atoms with Gasteiger partial charge < -0.3 is 10.6 Å². The molecule has 18 heavy (non-hydrogen) atoms. The average molecular weight is 264 g/mol. The molecule has 0 amide bonds. The van der Waals surface area contributed by atoms with Crippen molar-refractivity contribution in [3.05, 3.63) is 10.9 Å². The molecule has 0 bridgehead atoms. The minimum absolute atomic E-state index is 0.214. The van der Waals surface area contributed by atoms with Gasteiger partial charge in [0, 0.05) is 18.5 Å². The number of fused-ring (bicyclic) bond motifs is 1. The van der Waals surface area contributed by atoms with E-state index in [0.29, 0.717) is 5.95 Å². The van der Waals surface area contributed by atoms with E-state index in [1.165, 1.54) is 4.88 Å². The van der Waals surface area contributed by atoms with Crippen LogP contribution in [0.2, 0.25) is 0 Å². The molecule has 0 radical (unpaired) electrons. The summed E-state index contributed by atoms with van der Waals surface area (Å²) in [5.41, 5.74) is 6.01. The number of nitrogens with zero attached hydrogens (tertiary/aromatic N) is 3. The third kappa shape index (κ3) is 2.72. The van der Waals surface area contributed by atoms with Crippen molar-refractivity contribution < 1.29 is 0 Å². The van der Waals surface area contributed by atoms with Gasteiger partial charge in [-0.2, -0.15) is 4.98 Å². The van der Waals surface area contributed by atoms with Crippen LogP contribution in [0.15, 0.2) is 6.07 Å². The van der Waals surface area contributed by atoms with Crippen molar-refractivity contribution in [2.24, 2.45) is 5.41 Å². The van der Waals surface area contributed by atoms with Crippen LogP contribution in [0.1, 0.15) is 25.6 Å². The van der Waals surface area contributed by atoms with Crippen LogP contribution >= 0.6 is 11.3 Å². The molecular weight excluding hydrogens is 244 g/mol. The Morgan fingerprint density at radius 2 is 2.00 bits per heavy atom. The van der Waals surface area contributed by atoms with Crippen molar-refractivity contribution in [3.8, 4) is 0 Å². The van der Waals surface area contributed by atoms with Gasteiger partial charge in [0.1, 0.15) is 10.6 Å². The second kappa shape index (κ2) is 4.39. The van der Waals surface area contributed by atoms with Gasteiger partial charge in [-0.05, 0) is 18.4 Å². The number of nitrogen functional groups attached to an aromatic ring is 1. The number of thiophene rings is 1. The van der Waals surface area contributed by atoms with E-state index in [-0.39, 0.29) is 5.41 Å². The van der Waals surface area contributed by atoms with Crippen LogP contribution in [-0.4, -0.2) is 23.6 Å². The lowest BCUT2D eigenvalue weighted by Gasteiger charge is -2.27. The van der Waals surface area contributed by atoms with E-state index in [0.717, 1.165) is 22.6 Å². The van der Waals surface area contributed by atoms with Gasteiger partial charge in [0.05, 0.1) is 5.39 Å². The fraction of sp³-hybridized carbons (Fsp3) is 0.538. The highest BCUT2D eigenvalue weighted by molar-refractivity contribution is 7.18. The summed E-state index contributed by atoms with van der Waals surface area (Å²) in [6.45, 7) is 9.64. The van der Waals surface area contributed by atoms with Crippen LogP contribution in [0, 0.1) is 12.3 Å². The summed E-state index contributed by atoms with van der Waals surface area (Å²) >= 11 is 1.66. The van der Waals surface area contributed by atoms with E-state index in [1.54, 1.807) is 11.3 Å². The molecular formula is C13H20N4S. The van der Waals surface area contributed by atoms with E-state index in [4.69, 9.17) is 5.73 Å². The summed E-state index contributed by atoms with van der Waals surface area (Å²) in [7, 11) is 2.06. The maximum absolute atomic E-state index is 5.79. The van der Waals surface area contributed by atoms with Gasteiger partial charge >= 0.3 is 0 Å². The standard InChI is InChI=1S/C13H20N4S/c1-8-6-9-10(17(5)7-13(2,3)4)15-12(14)16-11(9)18-8/h6H,7H2,1-5H3,(H2,14,15,16). The van der Waals surface area contributed by atoms with Crippen molar-refractivity contribution in [1.29, 1.82) is 0 Å². The molecule has 2 N–H and O–H groups in total. The highest BCUT2D eigenvalue weighted by atomic mass is 32.1. The summed E-state index contributed by atoms with van der Waals surface area (Å²) in [5, 5.41) is 1.10. The first-order chi connectivity index (χ1) is 8.26. The fourth-order valence-electron chi connectivity index (χ4n) is 2.12. The van der Waals surface area contributed by atoms with Crippen LogP contribution in [0.5, 0.6) is 0 Å². The SMILES string of the molecule is Cc1cc2c(N(C)CC(C)(C)C)nc(N)nc2s1. The van der Waals surface area contributed by atoms with E-state index in [9.17, 15) is 0 Å². The van der Waals surface area contributed by atoms with Crippen molar-refractivity contribution in [2.45, 2.75) is 27.7 Å². The zero-order valence-corrected chi connectivity index (χ0v) is 12.4. The Hall–Kier alpha value is -1.36. The topological polar surface area (TPSA) is 55.0 Å². The predicted octanol–water partition coefficient (Wildman–Crippen LogP) is 3.06. The Labute approximate surface area is 112 Å². The zero-order chi connectivity index (χ0) is 13.5. The van der Waals surface area contributed by atoms with Crippen molar-refractivity contribution in [3.63, 3.8) is 0 Å². The lowest BCUT2D eigenvalue weighted by atomic mass is 9.96. The normalized spacial score (nSPS) is 12.1. The molecule has 0 spiro atoms. The Morgan fingerprint density at radius 1 is 1.33 bits per heavy atom. The molecule has 0 saturated heterocycles. The second-order valence-corrected chi connectivity index (χ2v) is 7.13. The van der Waals surface area contributed by atoms with Crippen LogP contribution in [-0.2, 0) is 0 Å². The van der Waals surface area contributed by atoms with Crippen LogP contribution in [0.3, 0.4) is 0 Å². The molecule has 0 aliphatic rings. The molecule has 2 aromatic heterocycles. The Kier molecular flexibility index (Phi) is 3.19. The highest BCUT2D eigenvalue weighted by Crippen LogP contribution is 2.31. The molecule has 0 fully saturated rings. The third-order valence-corrected chi connectivity index (χ3v) is 3.53. The molecule has 5 heteroatoms. The second-order valence-electron chi connectivity index (χ2n) is 5.90. The van der Waals surface area contributed by atoms with Gasteiger partial charge in [0.2, 0.25) is 5.95 Å². The summed E-state index contributed by atoms with van der Waals surface area (Å²) < 4.78 is 0. The van der Waals surface area contributed by atoms with E-state index >= 15 is 0 Å². The molecule has 0 aromatic carbocycles. The molecule has 2 aromatic rings. The van der Waals surface area contributed by atoms with Gasteiger partial charge in [0.25, 0.3) is 0 Å². The molecule has 0 unspecified atom stereocenters. The number of rotatable bonds is 2. The molecule has 4 nitrogen and oxygen atoms in total. The van der Waals surface area contributed by atoms with Gasteiger partial charge in [-0.15, -0.1) is 11.3 Å². The number of aromatic nitrogens is 2. The van der Waals surface area contributed by atoms with Crippen molar-refractivity contribution >= 4 is 33.3 Å². The van der Waals surface area contributed by atoms with Crippen molar-refractivity contribution in [1.82, 2.24) is 9.97 Å². The van der Waals surface area contributed by atoms with Crippen LogP contribution < -0.4 is 10.6 Å². The third-order valence-electron chi connectivity index (χ3n) is 2.59. The quantitative estimate of drug-likeness (QED) is 0.905. The number of anilines is 2. The Balaban J connectivity index is 2.49. The number of hydrogen-bond donors (Lipinski definition) is 1. The largest absolute Gasteiger partial charge is 0.368 e. The van der Waals surface area contributed by atoms with Gasteiger partial charge in [-0.1, -0.05) is 20.8 Å². The highest BCUT2D eigenvalue weighted by Gasteiger charge is 2.18. The lowest BCUT2D eigenvalue weighted by molar-refractivity contribution is 0.418. The molecule has 0 atom stereocenters. The number of aryl methyl sites for hydroxylation is 1. The van der Waals surface area contributed by atoms with Crippen LogP contribution in [0.4, 0.5) is 11.8 Å². The monoisotopic (exact) mass is 264 g/mol. The van der Waals surface area contributed by atoms with E-state index < -0.39 is 0 Å². The van der Waals surface area contributed by atoms with E-state index in [1.807, 2.05) is 0 Å². The smallest absolute Gasteiger partial charge is 0.223 e. The summed E-state index contributed by atoms with van der Waals surface area (Å²) in [4.78, 5) is 13.1. The molecule has 2 heterocycles. The fourth-order valence-corrected chi connectivity index (χ4v) is 3.00. The average Bonchev–Trinajstić information content (AvgIpc) is 2.53. The summed E-state index contributed by atoms with van der Waals surface area (Å²) in [5.74, 6) is 1.27. The Morgan fingerprint density at radius 3 is 2.61 bits per heavy atom. The molecule has 0 aliphatic heterocycles. The first kappa shape index (κ1) is 13.1. The van der Waals surface area contributed by atoms with Gasteiger partial charge in [-0.3, -0.25) is 0 Å². The first-order valence-electron chi connectivity index (χ1n) is 6.01. The molecule has 0 saturated carbocycles. The molecule has 98 valence electrons. The maximum atomic E-state index is 5.79. The molecule has 0 aliphatic carbocycles. The van der Waals surface area contributed by atoms with E-state index in [2.05, 4.69) is 55.7 Å². The van der Waals surface area contributed by atoms with Gasteiger partial charge in [0.15, 0.2) is 0 Å². The van der Waals surface area contributed by atoms with Crippen LogP contribution in [0.25, 0.3) is 10.2 Å². The number of hydrogen-bond acceptors (Lipinski definition) is 5. The minimum Gasteiger partial charge on any atom is -0.368 e. The lowest BCUT2D eigenvalue weighted by Crippen LogP contribution is -2.30. The zero-order valence-electron chi connectivity index (χ0n) is 11.6. The first-order valence-corrected chi connectivity index (χ1v) is 6.83.